The summed E-state index contributed by atoms with van der Waals surface area (Å²) in [5, 5.41) is 4.38. The van der Waals surface area contributed by atoms with Gasteiger partial charge >= 0.3 is 6.03 Å². The molecule has 3 saturated heterocycles. The number of hydrogen-bond donors (Lipinski definition) is 1. The van der Waals surface area contributed by atoms with Gasteiger partial charge < -0.3 is 34.2 Å². The van der Waals surface area contributed by atoms with E-state index in [0.717, 1.165) is 65.5 Å². The number of aromatic nitrogens is 3. The number of carbonyl (C=O) groups excluding carboxylic acids is 1. The molecule has 6 rings (SSSR count). The highest BCUT2D eigenvalue weighted by atomic mass is 16.5. The highest BCUT2D eigenvalue weighted by molar-refractivity contribution is 5.91. The van der Waals surface area contributed by atoms with E-state index in [1.54, 1.807) is 12.5 Å². The van der Waals surface area contributed by atoms with Gasteiger partial charge in [-0.25, -0.2) is 19.7 Å². The Bertz CT molecular complexity index is 1300. The van der Waals surface area contributed by atoms with Crippen LogP contribution in [0.2, 0.25) is 0 Å². The molecule has 3 fully saturated rings. The largest absolute Gasteiger partial charge is 0.490 e. The molecule has 0 saturated carbocycles. The molecule has 3 aliphatic rings. The lowest BCUT2D eigenvalue weighted by atomic mass is 10.1. The van der Waals surface area contributed by atoms with Crippen LogP contribution in [-0.4, -0.2) is 103 Å². The van der Waals surface area contributed by atoms with Crippen molar-refractivity contribution in [1.82, 2.24) is 24.8 Å². The van der Waals surface area contributed by atoms with Crippen LogP contribution >= 0.6 is 0 Å². The summed E-state index contributed by atoms with van der Waals surface area (Å²) in [5.41, 5.74) is 2.76. The molecule has 2 aromatic heterocycles. The summed E-state index contributed by atoms with van der Waals surface area (Å²) in [7, 11) is 0. The maximum absolute atomic E-state index is 12.8. The molecule has 5 heterocycles. The van der Waals surface area contributed by atoms with E-state index in [2.05, 4.69) is 38.2 Å². The molecule has 0 aliphatic carbocycles. The Morgan fingerprint density at radius 3 is 2.38 bits per heavy atom. The number of nitrogens with one attached hydrogen (secondary N) is 1. The molecular weight excluding hydrogens is 498 g/mol. The van der Waals surface area contributed by atoms with Crippen LogP contribution in [0.1, 0.15) is 18.4 Å². The molecular formula is C28H35N7O4. The normalized spacial score (nSPS) is 18.8. The van der Waals surface area contributed by atoms with Crippen molar-refractivity contribution in [2.75, 3.05) is 75.9 Å². The van der Waals surface area contributed by atoms with Crippen LogP contribution in [0, 0.1) is 6.92 Å². The van der Waals surface area contributed by atoms with E-state index >= 15 is 0 Å². The molecule has 0 radical (unpaired) electrons. The lowest BCUT2D eigenvalue weighted by Crippen LogP contribution is -2.51. The van der Waals surface area contributed by atoms with Crippen molar-refractivity contribution in [3.63, 3.8) is 0 Å². The number of carbonyl (C=O) groups is 1. The standard InChI is InChI=1S/C28H35N7O4/c1-20-16-21(32-27-23-17-26(33-8-12-37-13-9-33)29-18-24(23)30-19-31-27)2-3-25(20)39-22-4-6-34(7-5-22)28(36)35-10-14-38-15-11-35/h2-3,16-19,22H,4-15H2,1H3,(H,30,31,32). The molecule has 3 aliphatic heterocycles. The quantitative estimate of drug-likeness (QED) is 0.529. The minimum Gasteiger partial charge on any atom is -0.490 e. The van der Waals surface area contributed by atoms with Gasteiger partial charge in [-0.3, -0.25) is 0 Å². The fourth-order valence-corrected chi connectivity index (χ4v) is 5.31. The van der Waals surface area contributed by atoms with E-state index in [-0.39, 0.29) is 12.1 Å². The molecule has 0 spiro atoms. The Morgan fingerprint density at radius 2 is 1.64 bits per heavy atom. The molecule has 1 N–H and O–H groups in total. The van der Waals surface area contributed by atoms with Gasteiger partial charge in [0.15, 0.2) is 0 Å². The second kappa shape index (κ2) is 11.6. The predicted octanol–water partition coefficient (Wildman–Crippen LogP) is 3.21. The number of rotatable bonds is 5. The van der Waals surface area contributed by atoms with E-state index in [9.17, 15) is 4.79 Å². The van der Waals surface area contributed by atoms with Crippen molar-refractivity contribution in [2.45, 2.75) is 25.9 Å². The minimum atomic E-state index is 0.0909. The zero-order valence-corrected chi connectivity index (χ0v) is 22.3. The molecule has 1 aromatic carbocycles. The average molecular weight is 534 g/mol. The third kappa shape index (κ3) is 5.84. The van der Waals surface area contributed by atoms with E-state index in [1.165, 1.54) is 0 Å². The number of amides is 2. The van der Waals surface area contributed by atoms with Gasteiger partial charge in [0.2, 0.25) is 0 Å². The zero-order valence-electron chi connectivity index (χ0n) is 22.3. The smallest absolute Gasteiger partial charge is 0.320 e. The van der Waals surface area contributed by atoms with Crippen LogP contribution in [-0.2, 0) is 9.47 Å². The van der Waals surface area contributed by atoms with E-state index in [0.29, 0.717) is 52.6 Å². The molecule has 0 unspecified atom stereocenters. The number of piperidine rings is 1. The zero-order chi connectivity index (χ0) is 26.6. The highest BCUT2D eigenvalue weighted by Gasteiger charge is 2.28. The first-order valence-electron chi connectivity index (χ1n) is 13.7. The molecule has 0 bridgehead atoms. The van der Waals surface area contributed by atoms with E-state index in [4.69, 9.17) is 14.2 Å². The number of benzene rings is 1. The number of nitrogens with zero attached hydrogens (tertiary/aromatic N) is 6. The van der Waals surface area contributed by atoms with Gasteiger partial charge in [-0.05, 0) is 36.8 Å². The number of anilines is 3. The number of likely N-dealkylation sites (tertiary alicyclic amines) is 1. The Balaban J connectivity index is 1.09. The minimum absolute atomic E-state index is 0.0909. The summed E-state index contributed by atoms with van der Waals surface area (Å²) >= 11 is 0. The van der Waals surface area contributed by atoms with E-state index < -0.39 is 0 Å². The number of fused-ring (bicyclic) bond motifs is 1. The van der Waals surface area contributed by atoms with Crippen LogP contribution in [0.3, 0.4) is 0 Å². The van der Waals surface area contributed by atoms with Crippen LogP contribution in [0.5, 0.6) is 5.75 Å². The second-order valence-corrected chi connectivity index (χ2v) is 10.2. The molecule has 0 atom stereocenters. The average Bonchev–Trinajstić information content (AvgIpc) is 2.99. The van der Waals surface area contributed by atoms with Gasteiger partial charge in [-0.1, -0.05) is 0 Å². The summed E-state index contributed by atoms with van der Waals surface area (Å²) < 4.78 is 17.2. The lowest BCUT2D eigenvalue weighted by molar-refractivity contribution is 0.0360. The summed E-state index contributed by atoms with van der Waals surface area (Å²) in [4.78, 5) is 32.3. The summed E-state index contributed by atoms with van der Waals surface area (Å²) in [6, 6.07) is 8.26. The Morgan fingerprint density at radius 1 is 0.923 bits per heavy atom. The molecule has 39 heavy (non-hydrogen) atoms. The number of urea groups is 1. The number of morpholine rings is 2. The van der Waals surface area contributed by atoms with Gasteiger partial charge in [0, 0.05) is 63.2 Å². The third-order valence-corrected chi connectivity index (χ3v) is 7.57. The second-order valence-electron chi connectivity index (χ2n) is 10.2. The molecule has 2 amide bonds. The van der Waals surface area contributed by atoms with Gasteiger partial charge in [-0.2, -0.15) is 0 Å². The van der Waals surface area contributed by atoms with Crippen molar-refractivity contribution in [2.24, 2.45) is 0 Å². The fraction of sp³-hybridized carbons (Fsp3) is 0.500. The number of ether oxygens (including phenoxy) is 3. The van der Waals surface area contributed by atoms with Crippen LogP contribution in [0.15, 0.2) is 36.8 Å². The summed E-state index contributed by atoms with van der Waals surface area (Å²) in [6.07, 6.45) is 5.09. The highest BCUT2D eigenvalue weighted by Crippen LogP contribution is 2.30. The maximum Gasteiger partial charge on any atom is 0.320 e. The van der Waals surface area contributed by atoms with Crippen molar-refractivity contribution in [3.8, 4) is 5.75 Å². The van der Waals surface area contributed by atoms with E-state index in [1.807, 2.05) is 28.0 Å². The predicted molar refractivity (Wildman–Crippen MR) is 148 cm³/mol. The van der Waals surface area contributed by atoms with Crippen molar-refractivity contribution in [1.29, 1.82) is 0 Å². The molecule has 11 nitrogen and oxygen atoms in total. The first-order valence-corrected chi connectivity index (χ1v) is 13.7. The Hall–Kier alpha value is -3.70. The monoisotopic (exact) mass is 533 g/mol. The fourth-order valence-electron chi connectivity index (χ4n) is 5.31. The third-order valence-electron chi connectivity index (χ3n) is 7.57. The first-order chi connectivity index (χ1) is 19.1. The number of hydrogen-bond acceptors (Lipinski definition) is 9. The van der Waals surface area contributed by atoms with Crippen LogP contribution < -0.4 is 15.0 Å². The van der Waals surface area contributed by atoms with Crippen molar-refractivity contribution < 1.29 is 19.0 Å². The summed E-state index contributed by atoms with van der Waals surface area (Å²) in [6.45, 7) is 9.10. The topological polar surface area (TPSA) is 105 Å². The molecule has 3 aromatic rings. The van der Waals surface area contributed by atoms with Crippen molar-refractivity contribution in [3.05, 3.63) is 42.4 Å². The number of aryl methyl sites for hydroxylation is 1. The van der Waals surface area contributed by atoms with Crippen LogP contribution in [0.4, 0.5) is 22.1 Å². The van der Waals surface area contributed by atoms with Crippen molar-refractivity contribution >= 4 is 34.3 Å². The van der Waals surface area contributed by atoms with Gasteiger partial charge in [0.25, 0.3) is 0 Å². The van der Waals surface area contributed by atoms with Gasteiger partial charge in [-0.15, -0.1) is 0 Å². The SMILES string of the molecule is Cc1cc(Nc2ncnc3cnc(N4CCOCC4)cc23)ccc1OC1CCN(C(=O)N2CCOCC2)CC1. The Labute approximate surface area is 228 Å². The molecule has 206 valence electrons. The first kappa shape index (κ1) is 25.6. The van der Waals surface area contributed by atoms with Crippen LogP contribution in [0.25, 0.3) is 10.9 Å². The number of pyridine rings is 1. The molecule has 11 heteroatoms. The van der Waals surface area contributed by atoms with Gasteiger partial charge in [0.05, 0.1) is 38.1 Å². The lowest BCUT2D eigenvalue weighted by Gasteiger charge is -2.37. The van der Waals surface area contributed by atoms with Gasteiger partial charge in [0.1, 0.15) is 29.8 Å². The maximum atomic E-state index is 12.8. The summed E-state index contributed by atoms with van der Waals surface area (Å²) in [5.74, 6) is 2.51. The Kier molecular flexibility index (Phi) is 7.60.